The summed E-state index contributed by atoms with van der Waals surface area (Å²) >= 11 is 0. The van der Waals surface area contributed by atoms with Gasteiger partial charge in [-0.05, 0) is 29.8 Å². The molecule has 0 bridgehead atoms. The van der Waals surface area contributed by atoms with Crippen molar-refractivity contribution in [2.45, 2.75) is 0 Å². The Morgan fingerprint density at radius 2 is 1.26 bits per heavy atom. The molecule has 0 heterocycles. The normalized spacial score (nSPS) is 15.6. The number of rotatable bonds is 5. The first-order chi connectivity index (χ1) is 10.9. The van der Waals surface area contributed by atoms with E-state index in [0.29, 0.717) is 11.1 Å². The van der Waals surface area contributed by atoms with Crippen LogP contribution in [-0.2, 0) is 0 Å². The van der Waals surface area contributed by atoms with Gasteiger partial charge in [0.25, 0.3) is 0 Å². The molecule has 3 atom stereocenters. The van der Waals surface area contributed by atoms with E-state index < -0.39 is 15.7 Å². The summed E-state index contributed by atoms with van der Waals surface area (Å²) < 4.78 is 0. The number of nitrogens with one attached hydrogen (secondary N) is 3. The van der Waals surface area contributed by atoms with Crippen molar-refractivity contribution < 1.29 is 31.3 Å². The van der Waals surface area contributed by atoms with Gasteiger partial charge >= 0.3 is 0 Å². The topological polar surface area (TPSA) is 143 Å². The van der Waals surface area contributed by atoms with Gasteiger partial charge in [0.05, 0.1) is 6.07 Å². The van der Waals surface area contributed by atoms with Gasteiger partial charge in [0.15, 0.2) is 17.1 Å². The second-order valence-corrected chi connectivity index (χ2v) is 4.67. The molecule has 2 rings (SSSR count). The molecular weight excluding hydrogens is 306 g/mol. The average Bonchev–Trinajstić information content (AvgIpc) is 2.52. The van der Waals surface area contributed by atoms with E-state index in [9.17, 15) is 20.8 Å². The van der Waals surface area contributed by atoms with Crippen LogP contribution in [0.15, 0.2) is 42.5 Å². The molecule has 0 aromatic heterocycles. The highest BCUT2D eigenvalue weighted by atomic mass is 16.8. The van der Waals surface area contributed by atoms with E-state index in [1.807, 2.05) is 0 Å². The van der Waals surface area contributed by atoms with Crippen molar-refractivity contribution in [2.24, 2.45) is 0 Å². The molecule has 2 aromatic carbocycles. The quantitative estimate of drug-likeness (QED) is 0.310. The molecule has 0 aliphatic rings. The monoisotopic (exact) mass is 321 g/mol. The van der Waals surface area contributed by atoms with Crippen LogP contribution in [0.3, 0.4) is 0 Å². The molecule has 0 aliphatic carbocycles. The predicted molar refractivity (Wildman–Crippen MR) is 79.1 cm³/mol. The van der Waals surface area contributed by atoms with Crippen LogP contribution in [0.5, 0.6) is 0 Å². The Bertz CT molecular complexity index is 685. The van der Waals surface area contributed by atoms with Crippen LogP contribution in [0.2, 0.25) is 0 Å². The van der Waals surface area contributed by atoms with Crippen molar-refractivity contribution in [1.82, 2.24) is 0 Å². The molecular formula is C14H15N3O6. The third kappa shape index (κ3) is 4.40. The lowest BCUT2D eigenvalue weighted by Crippen LogP contribution is -3.01. The molecule has 9 nitrogen and oxygen atoms in total. The molecule has 122 valence electrons. The van der Waals surface area contributed by atoms with Crippen molar-refractivity contribution in [2.75, 3.05) is 0 Å². The summed E-state index contributed by atoms with van der Waals surface area (Å²) in [5, 5.41) is 56.3. The number of hydrogen-bond acceptors (Lipinski definition) is 6. The maximum absolute atomic E-state index is 11.2. The Morgan fingerprint density at radius 3 is 1.78 bits per heavy atom. The Hall–Kier alpha value is -2.18. The lowest BCUT2D eigenvalue weighted by atomic mass is 10.1. The fourth-order valence-corrected chi connectivity index (χ4v) is 1.94. The zero-order valence-corrected chi connectivity index (χ0v) is 11.8. The second-order valence-electron chi connectivity index (χ2n) is 4.67. The Kier molecular flexibility index (Phi) is 5.52. The van der Waals surface area contributed by atoms with Crippen LogP contribution < -0.4 is 15.7 Å². The Balaban J connectivity index is 2.27. The average molecular weight is 321 g/mol. The number of benzene rings is 2. The first kappa shape index (κ1) is 17.2. The highest BCUT2D eigenvalue weighted by Gasteiger charge is 2.11. The minimum atomic E-state index is -1.23. The Morgan fingerprint density at radius 1 is 0.696 bits per heavy atom. The molecule has 0 saturated carbocycles. The third-order valence-corrected chi connectivity index (χ3v) is 3.14. The van der Waals surface area contributed by atoms with E-state index in [2.05, 4.69) is 0 Å². The molecule has 0 fully saturated rings. The van der Waals surface area contributed by atoms with E-state index in [1.54, 1.807) is 18.2 Å². The van der Waals surface area contributed by atoms with Crippen molar-refractivity contribution in [3.05, 3.63) is 69.2 Å². The van der Waals surface area contributed by atoms with Crippen molar-refractivity contribution >= 4 is 29.2 Å². The molecule has 0 spiro atoms. The zero-order valence-electron chi connectivity index (χ0n) is 11.8. The van der Waals surface area contributed by atoms with Crippen LogP contribution in [-0.4, -0.2) is 15.6 Å². The predicted octanol–water partition coefficient (Wildman–Crippen LogP) is -0.933. The number of hydrogen-bond donors (Lipinski definition) is 6. The first-order valence-electron chi connectivity index (χ1n) is 6.50. The van der Waals surface area contributed by atoms with Gasteiger partial charge in [0.2, 0.25) is 0 Å². The van der Waals surface area contributed by atoms with Gasteiger partial charge in [-0.3, -0.25) is 0 Å². The van der Waals surface area contributed by atoms with E-state index in [-0.39, 0.29) is 17.1 Å². The maximum atomic E-state index is 11.2. The van der Waals surface area contributed by atoms with Crippen molar-refractivity contribution in [1.29, 1.82) is 0 Å². The Labute approximate surface area is 130 Å². The summed E-state index contributed by atoms with van der Waals surface area (Å²) in [5.74, 6) is 0. The van der Waals surface area contributed by atoms with E-state index in [0.717, 1.165) is 6.07 Å². The molecule has 9 heteroatoms. The van der Waals surface area contributed by atoms with Crippen LogP contribution in [0.4, 0.5) is 17.1 Å². The minimum Gasteiger partial charge on any atom is -0.595 e. The van der Waals surface area contributed by atoms with Crippen molar-refractivity contribution in [3.8, 4) is 0 Å². The number of quaternary nitrogens is 3. The van der Waals surface area contributed by atoms with E-state index >= 15 is 0 Å². The molecule has 2 aromatic rings. The van der Waals surface area contributed by atoms with Gasteiger partial charge in [-0.2, -0.15) is 15.7 Å². The van der Waals surface area contributed by atoms with Gasteiger partial charge in [-0.15, -0.1) is 0 Å². The molecule has 0 saturated heterocycles. The molecule has 0 aliphatic heterocycles. The van der Waals surface area contributed by atoms with E-state index in [1.165, 1.54) is 30.3 Å². The van der Waals surface area contributed by atoms with Crippen molar-refractivity contribution in [3.63, 3.8) is 0 Å². The van der Waals surface area contributed by atoms with Gasteiger partial charge < -0.3 is 15.6 Å². The van der Waals surface area contributed by atoms with Gasteiger partial charge in [0.1, 0.15) is 0 Å². The first-order valence-corrected chi connectivity index (χ1v) is 6.50. The third-order valence-electron chi connectivity index (χ3n) is 3.14. The maximum Gasteiger partial charge on any atom is 0.177 e. The molecule has 3 unspecified atom stereocenters. The smallest absolute Gasteiger partial charge is 0.177 e. The van der Waals surface area contributed by atoms with Crippen LogP contribution in [0.25, 0.3) is 12.2 Å². The van der Waals surface area contributed by atoms with Crippen LogP contribution >= 0.6 is 0 Å². The zero-order chi connectivity index (χ0) is 17.0. The second kappa shape index (κ2) is 7.39. The summed E-state index contributed by atoms with van der Waals surface area (Å²) in [6, 6.07) is 9.88. The largest absolute Gasteiger partial charge is 0.595 e. The SMILES string of the molecule is [O-][NH+](O)c1ccc(C=Cc2ccc([NH+]([O-])O)cc2[NH+]([O-])O)cc1. The van der Waals surface area contributed by atoms with Crippen LogP contribution in [0, 0.1) is 15.6 Å². The molecule has 23 heavy (non-hydrogen) atoms. The molecule has 0 amide bonds. The van der Waals surface area contributed by atoms with Crippen LogP contribution in [0.1, 0.15) is 11.1 Å². The summed E-state index contributed by atoms with van der Waals surface area (Å²) in [7, 11) is 0. The lowest BCUT2D eigenvalue weighted by molar-refractivity contribution is -0.996. The fourth-order valence-electron chi connectivity index (χ4n) is 1.94. The highest BCUT2D eigenvalue weighted by Crippen LogP contribution is 2.18. The van der Waals surface area contributed by atoms with Gasteiger partial charge in [0, 0.05) is 23.8 Å². The van der Waals surface area contributed by atoms with Gasteiger partial charge in [-0.25, -0.2) is 15.6 Å². The summed E-state index contributed by atoms with van der Waals surface area (Å²) in [6.45, 7) is 0. The summed E-state index contributed by atoms with van der Waals surface area (Å²) in [5.41, 5.74) is 0.964. The molecule has 6 N–H and O–H groups in total. The standard InChI is InChI=1S/C14H15N3O6/c18-15(19)12-6-2-10(3-7-12)1-4-11-5-8-13(16(20)21)9-14(11)17(22)23/h1-9,15-18,20,22H. The lowest BCUT2D eigenvalue weighted by Gasteiger charge is -2.17. The minimum absolute atomic E-state index is 0.106. The summed E-state index contributed by atoms with van der Waals surface area (Å²) in [4.78, 5) is 0. The highest BCUT2D eigenvalue weighted by molar-refractivity contribution is 5.75. The molecule has 0 radical (unpaired) electrons. The van der Waals surface area contributed by atoms with E-state index in [4.69, 9.17) is 10.4 Å². The van der Waals surface area contributed by atoms with Gasteiger partial charge in [-0.1, -0.05) is 6.08 Å². The summed E-state index contributed by atoms with van der Waals surface area (Å²) in [6.07, 6.45) is 3.15. The fraction of sp³-hybridized carbons (Fsp3) is 0.